The maximum atomic E-state index is 11.1. The van der Waals surface area contributed by atoms with Crippen LogP contribution in [0.3, 0.4) is 0 Å². The average Bonchev–Trinajstić information content (AvgIpc) is 2.78. The van der Waals surface area contributed by atoms with Crippen molar-refractivity contribution < 1.29 is 14.6 Å². The zero-order valence-electron chi connectivity index (χ0n) is 18.5. The summed E-state index contributed by atoms with van der Waals surface area (Å²) < 4.78 is 5.42. The molecule has 0 unspecified atom stereocenters. The van der Waals surface area contributed by atoms with Crippen LogP contribution in [0.5, 0.6) is 0 Å². The number of hydrogen-bond acceptors (Lipinski definition) is 4. The van der Waals surface area contributed by atoms with Gasteiger partial charge in [-0.25, -0.2) is 4.79 Å². The first-order valence-corrected chi connectivity index (χ1v) is 11.2. The molecule has 0 bridgehead atoms. The van der Waals surface area contributed by atoms with Crippen LogP contribution in [0.25, 0.3) is 5.57 Å². The lowest BCUT2D eigenvalue weighted by molar-refractivity contribution is 0.0290. The van der Waals surface area contributed by atoms with Crippen LogP contribution in [0.4, 0.5) is 0 Å². The summed E-state index contributed by atoms with van der Waals surface area (Å²) in [5.74, 6) is -0.876. The van der Waals surface area contributed by atoms with Crippen LogP contribution < -0.4 is 0 Å². The number of carboxylic acid groups (broad SMARTS) is 1. The van der Waals surface area contributed by atoms with Crippen LogP contribution in [0.2, 0.25) is 0 Å². The summed E-state index contributed by atoms with van der Waals surface area (Å²) >= 11 is 0. The fourth-order valence-corrected chi connectivity index (χ4v) is 4.74. The third-order valence-electron chi connectivity index (χ3n) is 6.44. The Balaban J connectivity index is 1.34. The number of hydrogen-bond donors (Lipinski definition) is 1. The average molecular weight is 421 g/mol. The maximum absolute atomic E-state index is 11.1. The largest absolute Gasteiger partial charge is 0.478 e. The van der Waals surface area contributed by atoms with Gasteiger partial charge in [-0.1, -0.05) is 42.5 Å². The van der Waals surface area contributed by atoms with Crippen molar-refractivity contribution in [2.75, 3.05) is 26.3 Å². The van der Waals surface area contributed by atoms with Crippen molar-refractivity contribution >= 4 is 11.5 Å². The Labute approximate surface area is 184 Å². The van der Waals surface area contributed by atoms with Crippen LogP contribution in [0, 0.1) is 0 Å². The number of aromatic carboxylic acids is 1. The second-order valence-corrected chi connectivity index (χ2v) is 8.82. The molecule has 0 amide bonds. The Morgan fingerprint density at radius 1 is 0.968 bits per heavy atom. The third-order valence-corrected chi connectivity index (χ3v) is 6.44. The van der Waals surface area contributed by atoms with E-state index in [1.165, 1.54) is 16.7 Å². The Kier molecular flexibility index (Phi) is 6.86. The van der Waals surface area contributed by atoms with Crippen LogP contribution in [0.15, 0.2) is 54.6 Å². The zero-order valence-corrected chi connectivity index (χ0v) is 18.5. The predicted molar refractivity (Wildman–Crippen MR) is 123 cm³/mol. The van der Waals surface area contributed by atoms with Gasteiger partial charge in [-0.15, -0.1) is 0 Å². The Bertz CT molecular complexity index is 909. The number of benzene rings is 2. The summed E-state index contributed by atoms with van der Waals surface area (Å²) in [4.78, 5) is 16.1. The van der Waals surface area contributed by atoms with Gasteiger partial charge in [-0.3, -0.25) is 9.80 Å². The minimum atomic E-state index is -0.876. The molecule has 0 saturated carbocycles. The molecule has 0 aliphatic carbocycles. The quantitative estimate of drug-likeness (QED) is 0.756. The minimum absolute atomic E-state index is 0.341. The molecule has 2 aliphatic rings. The van der Waals surface area contributed by atoms with Crippen molar-refractivity contribution in [3.8, 4) is 0 Å². The van der Waals surface area contributed by atoms with E-state index in [1.807, 2.05) is 12.1 Å². The van der Waals surface area contributed by atoms with Crippen molar-refractivity contribution in [3.63, 3.8) is 0 Å². The monoisotopic (exact) mass is 420 g/mol. The smallest absolute Gasteiger partial charge is 0.335 e. The molecule has 0 spiro atoms. The Morgan fingerprint density at radius 2 is 1.58 bits per heavy atom. The molecule has 2 aromatic carbocycles. The van der Waals surface area contributed by atoms with Gasteiger partial charge in [0.1, 0.15) is 0 Å². The summed E-state index contributed by atoms with van der Waals surface area (Å²) in [5, 5.41) is 9.09. The topological polar surface area (TPSA) is 53.0 Å². The third kappa shape index (κ3) is 5.42. The van der Waals surface area contributed by atoms with Crippen LogP contribution in [-0.2, 0) is 17.8 Å². The molecule has 2 atom stereocenters. The Morgan fingerprint density at radius 3 is 2.16 bits per heavy atom. The van der Waals surface area contributed by atoms with Gasteiger partial charge in [0.25, 0.3) is 0 Å². The molecular formula is C26H32N2O3. The minimum Gasteiger partial charge on any atom is -0.478 e. The molecule has 5 heteroatoms. The number of ether oxygens (including phenoxy) is 1. The summed E-state index contributed by atoms with van der Waals surface area (Å²) in [7, 11) is 0. The van der Waals surface area contributed by atoms with E-state index in [0.29, 0.717) is 17.6 Å². The predicted octanol–water partition coefficient (Wildman–Crippen LogP) is 4.28. The van der Waals surface area contributed by atoms with E-state index in [0.717, 1.165) is 51.4 Å². The number of rotatable bonds is 6. The summed E-state index contributed by atoms with van der Waals surface area (Å²) in [6.07, 6.45) is 3.19. The van der Waals surface area contributed by atoms with Crippen molar-refractivity contribution in [1.29, 1.82) is 0 Å². The highest BCUT2D eigenvalue weighted by Gasteiger charge is 2.29. The molecule has 5 nitrogen and oxygen atoms in total. The van der Waals surface area contributed by atoms with Crippen molar-refractivity contribution in [2.45, 2.75) is 45.4 Å². The molecule has 1 fully saturated rings. The lowest BCUT2D eigenvalue weighted by Gasteiger charge is -2.44. The van der Waals surface area contributed by atoms with Gasteiger partial charge >= 0.3 is 5.97 Å². The van der Waals surface area contributed by atoms with Crippen LogP contribution in [0.1, 0.15) is 47.3 Å². The first-order chi connectivity index (χ1) is 15.0. The lowest BCUT2D eigenvalue weighted by atomic mass is 9.99. The molecule has 0 aromatic heterocycles. The van der Waals surface area contributed by atoms with Crippen LogP contribution >= 0.6 is 0 Å². The molecule has 164 valence electrons. The van der Waals surface area contributed by atoms with Gasteiger partial charge < -0.3 is 9.84 Å². The molecule has 0 radical (unpaired) electrons. The zero-order chi connectivity index (χ0) is 21.8. The number of carboxylic acids is 1. The highest BCUT2D eigenvalue weighted by atomic mass is 16.5. The van der Waals surface area contributed by atoms with Crippen LogP contribution in [-0.4, -0.2) is 59.3 Å². The second-order valence-electron chi connectivity index (χ2n) is 8.82. The summed E-state index contributed by atoms with van der Waals surface area (Å²) in [5.41, 5.74) is 5.56. The molecule has 2 aromatic rings. The summed E-state index contributed by atoms with van der Waals surface area (Å²) in [6.45, 7) is 9.99. The van der Waals surface area contributed by atoms with E-state index in [9.17, 15) is 4.79 Å². The first kappa shape index (κ1) is 21.8. The fraction of sp³-hybridized carbons (Fsp3) is 0.423. The second kappa shape index (κ2) is 9.77. The van der Waals surface area contributed by atoms with E-state index >= 15 is 0 Å². The van der Waals surface area contributed by atoms with E-state index in [4.69, 9.17) is 9.84 Å². The van der Waals surface area contributed by atoms with E-state index < -0.39 is 5.97 Å². The molecular weight excluding hydrogens is 388 g/mol. The molecule has 1 saturated heterocycles. The molecule has 2 aliphatic heterocycles. The van der Waals surface area contributed by atoms with Gasteiger partial charge in [0.15, 0.2) is 0 Å². The molecule has 31 heavy (non-hydrogen) atoms. The fourth-order valence-electron chi connectivity index (χ4n) is 4.74. The molecule has 4 rings (SSSR count). The van der Waals surface area contributed by atoms with E-state index in [2.05, 4.69) is 54.0 Å². The maximum Gasteiger partial charge on any atom is 0.335 e. The van der Waals surface area contributed by atoms with Gasteiger partial charge in [-0.2, -0.15) is 0 Å². The van der Waals surface area contributed by atoms with Gasteiger partial charge in [0.05, 0.1) is 18.8 Å². The number of piperazine rings is 1. The number of nitrogens with zero attached hydrogens (tertiary/aromatic N) is 2. The standard InChI is InChI=1S/C26H32N2O3/c1-19-15-27(17-21-3-7-23(8-4-21)24-11-13-31-14-12-24)16-20(2)28(19)18-22-5-9-25(10-6-22)26(29)30/h3-11,19-20H,12-18H2,1-2H3,(H,29,30)/t19-,20+. The number of carbonyl (C=O) groups is 1. The van der Waals surface area contributed by atoms with Crippen molar-refractivity contribution in [3.05, 3.63) is 76.9 Å². The van der Waals surface area contributed by atoms with E-state index in [1.54, 1.807) is 12.1 Å². The Hall–Kier alpha value is -2.47. The van der Waals surface area contributed by atoms with Gasteiger partial charge in [0.2, 0.25) is 0 Å². The first-order valence-electron chi connectivity index (χ1n) is 11.2. The van der Waals surface area contributed by atoms with Gasteiger partial charge in [-0.05, 0) is 54.7 Å². The highest BCUT2D eigenvalue weighted by Crippen LogP contribution is 2.24. The SMILES string of the molecule is C[C@@H]1CN(Cc2ccc(C3=CCOCC3)cc2)C[C@H](C)N1Cc1ccc(C(=O)O)cc1. The molecule has 2 heterocycles. The van der Waals surface area contributed by atoms with Gasteiger partial charge in [0, 0.05) is 38.3 Å². The molecule has 1 N–H and O–H groups in total. The summed E-state index contributed by atoms with van der Waals surface area (Å²) in [6, 6.07) is 17.2. The lowest BCUT2D eigenvalue weighted by Crippen LogP contribution is -2.55. The normalized spacial score (nSPS) is 22.8. The van der Waals surface area contributed by atoms with Crippen molar-refractivity contribution in [1.82, 2.24) is 9.80 Å². The highest BCUT2D eigenvalue weighted by molar-refractivity contribution is 5.87. The van der Waals surface area contributed by atoms with Crippen molar-refractivity contribution in [2.24, 2.45) is 0 Å². The van der Waals surface area contributed by atoms with E-state index in [-0.39, 0.29) is 0 Å².